The summed E-state index contributed by atoms with van der Waals surface area (Å²) in [5.74, 6) is -3.34. The highest BCUT2D eigenvalue weighted by atomic mass is 16.6. The van der Waals surface area contributed by atoms with Crippen molar-refractivity contribution >= 4 is 29.7 Å². The molecule has 0 unspecified atom stereocenters. The summed E-state index contributed by atoms with van der Waals surface area (Å²) in [7, 11) is 3.81. The van der Waals surface area contributed by atoms with Crippen molar-refractivity contribution in [1.82, 2.24) is 4.90 Å². The first-order valence-electron chi connectivity index (χ1n) is 16.5. The lowest BCUT2D eigenvalue weighted by Gasteiger charge is -2.60. The van der Waals surface area contributed by atoms with E-state index in [4.69, 9.17) is 18.9 Å². The Labute approximate surface area is 277 Å². The number of fused-ring (bicyclic) bond motifs is 1. The molecule has 4 aliphatic carbocycles. The molecule has 47 heavy (non-hydrogen) atoms. The van der Waals surface area contributed by atoms with E-state index in [1.807, 2.05) is 77.0 Å². The number of carbonyl (C=O) groups is 5. The first-order valence-corrected chi connectivity index (χ1v) is 16.5. The zero-order chi connectivity index (χ0) is 34.9. The van der Waals surface area contributed by atoms with Crippen LogP contribution in [0.15, 0.2) is 42.5 Å². The Morgan fingerprint density at radius 1 is 0.894 bits per heavy atom. The standard InChI is InChI=1S/C37H49NO9/c1-20-28(42)18-26-31(44-22(3)39)37-21(2)29(47-30(43)19-27(38(9)10)25-14-12-11-13-15-25)16-17-35(37,8)32(45-23(4)40)33(46-24(5)41)36(20,37)34(26,6)7/h11-15,20,26-27,29,31-33H,2,16-19H2,1,3-10H3/t20-,26+,27-,29-,31+,32-,33+,35+,36-,37-/m1/s1. The predicted molar refractivity (Wildman–Crippen MR) is 171 cm³/mol. The summed E-state index contributed by atoms with van der Waals surface area (Å²) in [5.41, 5.74) is -2.82. The minimum atomic E-state index is -1.27. The number of esters is 4. The summed E-state index contributed by atoms with van der Waals surface area (Å²) < 4.78 is 24.9. The Hall–Kier alpha value is -3.53. The highest BCUT2D eigenvalue weighted by Gasteiger charge is 2.92. The van der Waals surface area contributed by atoms with Gasteiger partial charge in [0.25, 0.3) is 0 Å². The van der Waals surface area contributed by atoms with E-state index in [0.717, 1.165) is 5.56 Å². The van der Waals surface area contributed by atoms with Crippen molar-refractivity contribution in [3.63, 3.8) is 0 Å². The summed E-state index contributed by atoms with van der Waals surface area (Å²) in [5, 5.41) is 0. The third kappa shape index (κ3) is 4.71. The lowest BCUT2D eigenvalue weighted by Crippen LogP contribution is -2.63. The van der Waals surface area contributed by atoms with Crippen molar-refractivity contribution in [2.75, 3.05) is 14.1 Å². The maximum atomic E-state index is 14.0. The van der Waals surface area contributed by atoms with Crippen molar-refractivity contribution in [3.8, 4) is 0 Å². The van der Waals surface area contributed by atoms with Crippen LogP contribution in [0.1, 0.15) is 85.8 Å². The van der Waals surface area contributed by atoms with Gasteiger partial charge in [-0.15, -0.1) is 0 Å². The number of hydrogen-bond donors (Lipinski definition) is 0. The highest BCUT2D eigenvalue weighted by Crippen LogP contribution is 2.86. The molecule has 4 saturated carbocycles. The molecular weight excluding hydrogens is 602 g/mol. The van der Waals surface area contributed by atoms with Gasteiger partial charge in [-0.05, 0) is 43.5 Å². The third-order valence-electron chi connectivity index (χ3n) is 12.4. The molecule has 0 saturated heterocycles. The molecule has 10 heteroatoms. The predicted octanol–water partition coefficient (Wildman–Crippen LogP) is 4.99. The van der Waals surface area contributed by atoms with Crippen LogP contribution in [0.5, 0.6) is 0 Å². The van der Waals surface area contributed by atoms with Crippen LogP contribution in [-0.2, 0) is 42.9 Å². The fourth-order valence-electron chi connectivity index (χ4n) is 10.9. The summed E-state index contributed by atoms with van der Waals surface area (Å²) in [6.07, 6.45) is -2.79. The fourth-order valence-corrected chi connectivity index (χ4v) is 10.9. The van der Waals surface area contributed by atoms with Gasteiger partial charge in [0.15, 0.2) is 0 Å². The first kappa shape index (κ1) is 34.8. The Morgan fingerprint density at radius 3 is 2.00 bits per heavy atom. The smallest absolute Gasteiger partial charge is 0.308 e. The molecule has 0 N–H and O–H groups in total. The molecule has 10 atom stereocenters. The molecule has 256 valence electrons. The van der Waals surface area contributed by atoms with Crippen molar-refractivity contribution < 1.29 is 42.9 Å². The lowest BCUT2D eigenvalue weighted by molar-refractivity contribution is -0.194. The maximum absolute atomic E-state index is 14.0. The molecule has 0 aromatic heterocycles. The average Bonchev–Trinajstić information content (AvgIpc) is 3.22. The van der Waals surface area contributed by atoms with Gasteiger partial charge in [0.05, 0.1) is 11.8 Å². The quantitative estimate of drug-likeness (QED) is 0.216. The number of ketones is 1. The van der Waals surface area contributed by atoms with Crippen molar-refractivity contribution in [2.45, 2.75) is 105 Å². The number of Topliss-reactive ketones (excluding diaryl/α,β-unsaturated/α-hetero) is 1. The van der Waals surface area contributed by atoms with Crippen LogP contribution in [0.3, 0.4) is 0 Å². The molecule has 2 bridgehead atoms. The second-order valence-corrected chi connectivity index (χ2v) is 15.0. The largest absolute Gasteiger partial charge is 0.461 e. The van der Waals surface area contributed by atoms with Crippen LogP contribution >= 0.6 is 0 Å². The van der Waals surface area contributed by atoms with E-state index in [-0.39, 0.29) is 24.7 Å². The van der Waals surface area contributed by atoms with E-state index in [1.165, 1.54) is 20.8 Å². The Balaban J connectivity index is 1.69. The molecule has 1 aromatic rings. The number of rotatable bonds is 8. The molecule has 10 nitrogen and oxygen atoms in total. The third-order valence-corrected chi connectivity index (χ3v) is 12.4. The molecular formula is C37H49NO9. The zero-order valence-corrected chi connectivity index (χ0v) is 29.1. The SMILES string of the molecule is C=C1[C@H](OC(=O)C[C@H](c2ccccc2)N(C)C)CC[C@@]2(C)[C@H](OC(C)=O)[C@H](OC(C)=O)[C@@]34[C@H](C)C(=O)C[C@@H]([C@H](OC(C)=O)[C@@]132)C4(C)C. The normalized spacial score (nSPS) is 37.4. The molecule has 2 spiro atoms. The van der Waals surface area contributed by atoms with Gasteiger partial charge < -0.3 is 23.8 Å². The molecule has 0 amide bonds. The number of hydrogen-bond acceptors (Lipinski definition) is 10. The van der Waals surface area contributed by atoms with E-state index in [1.54, 1.807) is 0 Å². The molecule has 5 rings (SSSR count). The van der Waals surface area contributed by atoms with Gasteiger partial charge in [0.1, 0.15) is 30.2 Å². The van der Waals surface area contributed by atoms with E-state index >= 15 is 0 Å². The van der Waals surface area contributed by atoms with Gasteiger partial charge in [-0.25, -0.2) is 0 Å². The Bertz CT molecular complexity index is 1490. The second-order valence-electron chi connectivity index (χ2n) is 15.0. The van der Waals surface area contributed by atoms with Crippen molar-refractivity contribution in [2.24, 2.45) is 33.5 Å². The van der Waals surface area contributed by atoms with Gasteiger partial charge >= 0.3 is 23.9 Å². The first-order chi connectivity index (χ1) is 21.9. The summed E-state index contributed by atoms with van der Waals surface area (Å²) in [6.45, 7) is 16.4. The van der Waals surface area contributed by atoms with Crippen LogP contribution in [0, 0.1) is 33.5 Å². The number of carbonyl (C=O) groups excluding carboxylic acids is 5. The van der Waals surface area contributed by atoms with Crippen molar-refractivity contribution in [1.29, 1.82) is 0 Å². The van der Waals surface area contributed by atoms with E-state index in [2.05, 4.69) is 6.58 Å². The molecule has 1 aromatic carbocycles. The Kier molecular flexibility index (Phi) is 8.78. The maximum Gasteiger partial charge on any atom is 0.308 e. The molecule has 0 radical (unpaired) electrons. The van der Waals surface area contributed by atoms with E-state index in [9.17, 15) is 24.0 Å². The zero-order valence-electron chi connectivity index (χ0n) is 29.1. The van der Waals surface area contributed by atoms with Gasteiger partial charge in [-0.1, -0.05) is 64.6 Å². The monoisotopic (exact) mass is 651 g/mol. The minimum absolute atomic E-state index is 0.0602. The summed E-state index contributed by atoms with van der Waals surface area (Å²) in [6, 6.07) is 9.48. The van der Waals surface area contributed by atoms with Gasteiger partial charge in [-0.3, -0.25) is 24.0 Å². The van der Waals surface area contributed by atoms with Crippen LogP contribution in [-0.4, -0.2) is 73.1 Å². The minimum Gasteiger partial charge on any atom is -0.461 e. The van der Waals surface area contributed by atoms with E-state index in [0.29, 0.717) is 18.4 Å². The lowest BCUT2D eigenvalue weighted by atomic mass is 9.42. The second kappa shape index (κ2) is 11.9. The van der Waals surface area contributed by atoms with Gasteiger partial charge in [-0.2, -0.15) is 0 Å². The summed E-state index contributed by atoms with van der Waals surface area (Å²) >= 11 is 0. The van der Waals surface area contributed by atoms with Crippen LogP contribution in [0.25, 0.3) is 0 Å². The van der Waals surface area contributed by atoms with Crippen LogP contribution in [0.2, 0.25) is 0 Å². The Morgan fingerprint density at radius 2 is 1.45 bits per heavy atom. The molecule has 0 aliphatic heterocycles. The number of nitrogens with zero attached hydrogens (tertiary/aromatic N) is 1. The van der Waals surface area contributed by atoms with Gasteiger partial charge in [0.2, 0.25) is 0 Å². The van der Waals surface area contributed by atoms with Crippen molar-refractivity contribution in [3.05, 3.63) is 48.0 Å². The molecule has 4 aliphatic rings. The topological polar surface area (TPSA) is 126 Å². The fraction of sp³-hybridized carbons (Fsp3) is 0.649. The highest BCUT2D eigenvalue weighted by molar-refractivity contribution is 5.86. The summed E-state index contributed by atoms with van der Waals surface area (Å²) in [4.78, 5) is 68.3. The van der Waals surface area contributed by atoms with E-state index < -0.39 is 81.8 Å². The van der Waals surface area contributed by atoms with Crippen LogP contribution in [0.4, 0.5) is 0 Å². The van der Waals surface area contributed by atoms with Crippen LogP contribution < -0.4 is 0 Å². The molecule has 4 fully saturated rings. The number of ether oxygens (including phenoxy) is 4. The number of benzene rings is 1. The molecule has 0 heterocycles. The average molecular weight is 652 g/mol. The van der Waals surface area contributed by atoms with Gasteiger partial charge in [0, 0.05) is 55.9 Å².